The third-order valence-electron chi connectivity index (χ3n) is 0.454. The topological polar surface area (TPSA) is 46.2 Å². The van der Waals surface area contributed by atoms with Gasteiger partial charge in [0.2, 0.25) is 0 Å². The highest BCUT2D eigenvalue weighted by molar-refractivity contribution is 4.49. The van der Waals surface area contributed by atoms with E-state index in [1.54, 1.807) is 0 Å². The molecule has 0 aromatic rings. The van der Waals surface area contributed by atoms with E-state index in [1.165, 1.54) is 0 Å². The monoisotopic (exact) mass is 93.1 g/mol. The van der Waals surface area contributed by atoms with Gasteiger partial charge in [-0.2, -0.15) is 0 Å². The van der Waals surface area contributed by atoms with E-state index in [0.717, 1.165) is 0 Å². The van der Waals surface area contributed by atoms with E-state index in [-0.39, 0.29) is 6.54 Å². The van der Waals surface area contributed by atoms with E-state index >= 15 is 0 Å². The van der Waals surface area contributed by atoms with Gasteiger partial charge in [0.25, 0.3) is 0 Å². The van der Waals surface area contributed by atoms with Gasteiger partial charge in [-0.3, -0.25) is 0 Å². The van der Waals surface area contributed by atoms with Crippen LogP contribution in [0.15, 0.2) is 0 Å². The van der Waals surface area contributed by atoms with Gasteiger partial charge in [0.05, 0.1) is 6.61 Å². The Morgan fingerprint density at radius 2 is 2.33 bits per heavy atom. The van der Waals surface area contributed by atoms with Crippen molar-refractivity contribution in [3.63, 3.8) is 0 Å². The van der Waals surface area contributed by atoms with Gasteiger partial charge in [-0.15, -0.1) is 0 Å². The van der Waals surface area contributed by atoms with Crippen molar-refractivity contribution in [2.45, 2.75) is 6.17 Å². The summed E-state index contributed by atoms with van der Waals surface area (Å²) in [7, 11) is 0. The van der Waals surface area contributed by atoms with Gasteiger partial charge in [0, 0.05) is 6.54 Å². The minimum atomic E-state index is -1.23. The maximum absolute atomic E-state index is 11.5. The van der Waals surface area contributed by atoms with E-state index in [9.17, 15) is 4.39 Å². The average Bonchev–Trinajstić information content (AvgIpc) is 1.65. The van der Waals surface area contributed by atoms with Crippen molar-refractivity contribution in [3.8, 4) is 0 Å². The SMILES string of the molecule is NCC(F)CO. The van der Waals surface area contributed by atoms with E-state index in [2.05, 4.69) is 0 Å². The molecule has 0 aromatic carbocycles. The standard InChI is InChI=1S/C3H8FNO/c4-3(1-5)2-6/h3,6H,1-2,5H2. The fourth-order valence-electron chi connectivity index (χ4n) is 0.0745. The van der Waals surface area contributed by atoms with Crippen molar-refractivity contribution in [3.05, 3.63) is 0 Å². The summed E-state index contributed by atoms with van der Waals surface area (Å²) < 4.78 is 11.5. The molecule has 0 saturated heterocycles. The molecule has 0 bridgehead atoms. The first-order valence-electron chi connectivity index (χ1n) is 1.76. The summed E-state index contributed by atoms with van der Waals surface area (Å²) >= 11 is 0. The number of aliphatic hydroxyl groups is 1. The van der Waals surface area contributed by atoms with Gasteiger partial charge in [-0.25, -0.2) is 4.39 Å². The summed E-state index contributed by atoms with van der Waals surface area (Å²) in [4.78, 5) is 0. The zero-order valence-electron chi connectivity index (χ0n) is 3.39. The van der Waals surface area contributed by atoms with Gasteiger partial charge < -0.3 is 10.8 Å². The first-order valence-corrected chi connectivity index (χ1v) is 1.76. The molecule has 0 heterocycles. The molecule has 3 heteroatoms. The summed E-state index contributed by atoms with van der Waals surface area (Å²) in [6.07, 6.45) is -1.23. The second-order valence-electron chi connectivity index (χ2n) is 1.02. The summed E-state index contributed by atoms with van der Waals surface area (Å²) in [5.74, 6) is 0. The largest absolute Gasteiger partial charge is 0.393 e. The fraction of sp³-hybridized carbons (Fsp3) is 1.00. The van der Waals surface area contributed by atoms with Crippen molar-refractivity contribution in [2.24, 2.45) is 5.73 Å². The van der Waals surface area contributed by atoms with Gasteiger partial charge in [-0.05, 0) is 0 Å². The Balaban J connectivity index is 2.75. The molecule has 38 valence electrons. The van der Waals surface area contributed by atoms with Crippen LogP contribution in [0.4, 0.5) is 4.39 Å². The molecule has 0 aliphatic carbocycles. The average molecular weight is 93.1 g/mol. The Hall–Kier alpha value is -0.150. The highest BCUT2D eigenvalue weighted by atomic mass is 19.1. The van der Waals surface area contributed by atoms with Crippen LogP contribution >= 0.6 is 0 Å². The molecular weight excluding hydrogens is 85.0 g/mol. The quantitative estimate of drug-likeness (QED) is 0.473. The molecule has 0 aliphatic heterocycles. The Kier molecular flexibility index (Phi) is 2.98. The Labute approximate surface area is 35.8 Å². The molecule has 0 radical (unpaired) electrons. The van der Waals surface area contributed by atoms with Crippen LogP contribution in [0.3, 0.4) is 0 Å². The lowest BCUT2D eigenvalue weighted by molar-refractivity contribution is 0.183. The highest BCUT2D eigenvalue weighted by Gasteiger charge is 1.95. The molecule has 1 atom stereocenters. The predicted molar refractivity (Wildman–Crippen MR) is 21.0 cm³/mol. The van der Waals surface area contributed by atoms with Crippen LogP contribution in [0.2, 0.25) is 0 Å². The third-order valence-corrected chi connectivity index (χ3v) is 0.454. The molecule has 0 aromatic heterocycles. The molecular formula is C3H8FNO. The number of hydrogen-bond donors (Lipinski definition) is 2. The molecule has 2 nitrogen and oxygen atoms in total. The van der Waals surface area contributed by atoms with Crippen LogP contribution < -0.4 is 5.73 Å². The van der Waals surface area contributed by atoms with Crippen LogP contribution in [0.25, 0.3) is 0 Å². The lowest BCUT2D eigenvalue weighted by atomic mass is 10.4. The zero-order chi connectivity index (χ0) is 4.99. The van der Waals surface area contributed by atoms with Crippen molar-refractivity contribution >= 4 is 0 Å². The second kappa shape index (κ2) is 3.06. The number of hydrogen-bond acceptors (Lipinski definition) is 2. The lowest BCUT2D eigenvalue weighted by Gasteiger charge is -1.93. The number of rotatable bonds is 2. The van der Waals surface area contributed by atoms with Crippen LogP contribution in [-0.2, 0) is 0 Å². The summed E-state index contributed by atoms with van der Waals surface area (Å²) in [5.41, 5.74) is 4.75. The van der Waals surface area contributed by atoms with E-state index in [0.29, 0.717) is 0 Å². The fourth-order valence-corrected chi connectivity index (χ4v) is 0.0745. The molecule has 0 rings (SSSR count). The lowest BCUT2D eigenvalue weighted by Crippen LogP contribution is -2.18. The Morgan fingerprint density at radius 1 is 1.83 bits per heavy atom. The number of aliphatic hydroxyl groups excluding tert-OH is 1. The highest BCUT2D eigenvalue weighted by Crippen LogP contribution is 1.79. The molecule has 0 aliphatic rings. The van der Waals surface area contributed by atoms with Crippen molar-refractivity contribution < 1.29 is 9.50 Å². The molecule has 0 amide bonds. The normalized spacial score (nSPS) is 14.5. The van der Waals surface area contributed by atoms with Crippen LogP contribution in [0.1, 0.15) is 0 Å². The predicted octanol–water partition coefficient (Wildman–Crippen LogP) is -0.725. The second-order valence-corrected chi connectivity index (χ2v) is 1.02. The van der Waals surface area contributed by atoms with Crippen molar-refractivity contribution in [2.75, 3.05) is 13.2 Å². The zero-order valence-corrected chi connectivity index (χ0v) is 3.39. The maximum atomic E-state index is 11.5. The first-order chi connectivity index (χ1) is 2.81. The maximum Gasteiger partial charge on any atom is 0.135 e. The van der Waals surface area contributed by atoms with E-state index in [4.69, 9.17) is 10.8 Å². The van der Waals surface area contributed by atoms with Crippen molar-refractivity contribution in [1.82, 2.24) is 0 Å². The van der Waals surface area contributed by atoms with Crippen LogP contribution in [0, 0.1) is 0 Å². The summed E-state index contributed by atoms with van der Waals surface area (Å²) in [5, 5.41) is 7.88. The smallest absolute Gasteiger partial charge is 0.135 e. The van der Waals surface area contributed by atoms with Gasteiger partial charge in [0.1, 0.15) is 6.17 Å². The van der Waals surface area contributed by atoms with E-state index < -0.39 is 12.8 Å². The van der Waals surface area contributed by atoms with Gasteiger partial charge in [-0.1, -0.05) is 0 Å². The molecule has 0 spiro atoms. The molecule has 1 unspecified atom stereocenters. The molecule has 6 heavy (non-hydrogen) atoms. The third kappa shape index (κ3) is 2.11. The van der Waals surface area contributed by atoms with Crippen LogP contribution in [-0.4, -0.2) is 24.4 Å². The van der Waals surface area contributed by atoms with Crippen LogP contribution in [0.5, 0.6) is 0 Å². The molecule has 0 saturated carbocycles. The Morgan fingerprint density at radius 3 is 2.33 bits per heavy atom. The summed E-state index contributed by atoms with van der Waals surface area (Å²) in [6.45, 7) is -0.549. The summed E-state index contributed by atoms with van der Waals surface area (Å²) in [6, 6.07) is 0. The van der Waals surface area contributed by atoms with Crippen molar-refractivity contribution in [1.29, 1.82) is 0 Å². The number of alkyl halides is 1. The molecule has 0 fully saturated rings. The van der Waals surface area contributed by atoms with Gasteiger partial charge in [0.15, 0.2) is 0 Å². The minimum Gasteiger partial charge on any atom is -0.393 e. The number of halogens is 1. The Bertz CT molecular complexity index is 30.0. The minimum absolute atomic E-state index is 0.0868. The number of nitrogens with two attached hydrogens (primary N) is 1. The van der Waals surface area contributed by atoms with E-state index in [1.807, 2.05) is 0 Å². The molecule has 3 N–H and O–H groups in total. The first kappa shape index (κ1) is 5.85. The van der Waals surface area contributed by atoms with Gasteiger partial charge >= 0.3 is 0 Å².